The number of benzene rings is 7. The molecule has 0 unspecified atom stereocenters. The van der Waals surface area contributed by atoms with Gasteiger partial charge in [0, 0.05) is 45.5 Å². The Kier molecular flexibility index (Phi) is 10.4. The molecule has 9 rings (SSSR count). The first kappa shape index (κ1) is 43.3. The lowest BCUT2D eigenvalue weighted by molar-refractivity contribution is 0.590. The van der Waals surface area contributed by atoms with Gasteiger partial charge in [-0.25, -0.2) is 0 Å². The first-order valence-electron chi connectivity index (χ1n) is 23.3. The summed E-state index contributed by atoms with van der Waals surface area (Å²) in [6.45, 7) is 32.3. The Balaban J connectivity index is 1.44. The Hall–Kier alpha value is -6.00. The lowest BCUT2D eigenvalue weighted by Crippen LogP contribution is -2.61. The van der Waals surface area contributed by atoms with E-state index in [4.69, 9.17) is 0 Å². The molecule has 0 saturated carbocycles. The first-order chi connectivity index (χ1) is 30.1. The Labute approximate surface area is 384 Å². The zero-order valence-corrected chi connectivity index (χ0v) is 40.8. The molecule has 0 bridgehead atoms. The lowest BCUT2D eigenvalue weighted by atomic mass is 9.33. The van der Waals surface area contributed by atoms with E-state index in [1.807, 2.05) is 0 Å². The van der Waals surface area contributed by atoms with Crippen LogP contribution in [0.4, 0.5) is 51.2 Å². The molecule has 3 nitrogen and oxygen atoms in total. The van der Waals surface area contributed by atoms with Crippen molar-refractivity contribution in [3.05, 3.63) is 179 Å². The molecule has 2 heterocycles. The van der Waals surface area contributed by atoms with Crippen LogP contribution < -0.4 is 31.1 Å². The normalized spacial score (nSPS) is 13.7. The topological polar surface area (TPSA) is 9.72 Å². The summed E-state index contributed by atoms with van der Waals surface area (Å²) in [6, 6.07) is 56.0. The van der Waals surface area contributed by atoms with Crippen molar-refractivity contribution >= 4 is 74.3 Å². The SMILES string of the molecule is Cc1ccccc1N(c1cc2c3c(c1)N(c1ccc(C(C)(C)C)cc1)c1ccc(C(C)(C)C)cc1B3c1cc(C(C)(C)C)ccc1N2c1ccc(C(C)(C)C)cc1)c1ccccc1C. The Morgan fingerprint density at radius 3 is 1.06 bits per heavy atom. The predicted molar refractivity (Wildman–Crippen MR) is 279 cm³/mol. The van der Waals surface area contributed by atoms with Crippen LogP contribution in [0.5, 0.6) is 0 Å². The summed E-state index contributed by atoms with van der Waals surface area (Å²) in [5, 5.41) is 0. The van der Waals surface area contributed by atoms with Gasteiger partial charge in [0.1, 0.15) is 0 Å². The Morgan fingerprint density at radius 2 is 0.719 bits per heavy atom. The highest BCUT2D eigenvalue weighted by atomic mass is 15.2. The van der Waals surface area contributed by atoms with Crippen molar-refractivity contribution in [3.63, 3.8) is 0 Å². The summed E-state index contributed by atoms with van der Waals surface area (Å²) < 4.78 is 0. The molecule has 0 radical (unpaired) electrons. The molecule has 4 heteroatoms. The van der Waals surface area contributed by atoms with Crippen molar-refractivity contribution in [1.29, 1.82) is 0 Å². The number of fused-ring (bicyclic) bond motifs is 4. The molecule has 0 spiro atoms. The van der Waals surface area contributed by atoms with Crippen molar-refractivity contribution in [3.8, 4) is 0 Å². The fourth-order valence-corrected chi connectivity index (χ4v) is 9.87. The summed E-state index contributed by atoms with van der Waals surface area (Å²) in [6.07, 6.45) is 0. The average Bonchev–Trinajstić information content (AvgIpc) is 3.23. The summed E-state index contributed by atoms with van der Waals surface area (Å²) in [4.78, 5) is 7.63. The molecule has 0 N–H and O–H groups in total. The van der Waals surface area contributed by atoms with Gasteiger partial charge in [-0.05, 0) is 146 Å². The molecule has 2 aliphatic rings. The van der Waals surface area contributed by atoms with Crippen molar-refractivity contribution in [2.24, 2.45) is 0 Å². The molecule has 0 saturated heterocycles. The van der Waals surface area contributed by atoms with Crippen molar-refractivity contribution in [2.75, 3.05) is 14.7 Å². The molecule has 0 fully saturated rings. The summed E-state index contributed by atoms with van der Waals surface area (Å²) in [7, 11) is 0. The number of aryl methyl sites for hydroxylation is 2. The van der Waals surface area contributed by atoms with Crippen LogP contribution in [0.3, 0.4) is 0 Å². The van der Waals surface area contributed by atoms with Gasteiger partial charge in [0.15, 0.2) is 0 Å². The van der Waals surface area contributed by atoms with Crippen LogP contribution >= 0.6 is 0 Å². The molecule has 64 heavy (non-hydrogen) atoms. The van der Waals surface area contributed by atoms with Crippen LogP contribution in [-0.2, 0) is 21.7 Å². The highest BCUT2D eigenvalue weighted by molar-refractivity contribution is 7.00. The molecule has 0 aliphatic carbocycles. The van der Waals surface area contributed by atoms with E-state index in [0.29, 0.717) is 0 Å². The number of para-hydroxylation sites is 2. The number of nitrogens with zero attached hydrogens (tertiary/aromatic N) is 3. The molecule has 7 aromatic carbocycles. The summed E-state index contributed by atoms with van der Waals surface area (Å²) >= 11 is 0. The van der Waals surface area contributed by atoms with E-state index >= 15 is 0 Å². The molecule has 0 atom stereocenters. The van der Waals surface area contributed by atoms with E-state index in [0.717, 1.165) is 17.1 Å². The van der Waals surface area contributed by atoms with Crippen molar-refractivity contribution < 1.29 is 0 Å². The first-order valence-corrected chi connectivity index (χ1v) is 23.3. The van der Waals surface area contributed by atoms with Gasteiger partial charge in [0.2, 0.25) is 0 Å². The van der Waals surface area contributed by atoms with Crippen LogP contribution in [0.2, 0.25) is 0 Å². The monoisotopic (exact) mass is 840 g/mol. The maximum atomic E-state index is 2.57. The van der Waals surface area contributed by atoms with E-state index < -0.39 is 0 Å². The Bertz CT molecular complexity index is 2700. The van der Waals surface area contributed by atoms with Crippen LogP contribution in [0.25, 0.3) is 0 Å². The molecule has 7 aromatic rings. The molecule has 2 aliphatic heterocycles. The predicted octanol–water partition coefficient (Wildman–Crippen LogP) is 15.0. The van der Waals surface area contributed by atoms with Gasteiger partial charge >= 0.3 is 0 Å². The zero-order chi connectivity index (χ0) is 45.7. The van der Waals surface area contributed by atoms with E-state index in [1.54, 1.807) is 0 Å². The quantitative estimate of drug-likeness (QED) is 0.160. The van der Waals surface area contributed by atoms with Crippen LogP contribution in [0.1, 0.15) is 116 Å². The van der Waals surface area contributed by atoms with Crippen LogP contribution in [0, 0.1) is 13.8 Å². The molecular formula is C60H66BN3. The lowest BCUT2D eigenvalue weighted by Gasteiger charge is -2.45. The second kappa shape index (κ2) is 15.3. The highest BCUT2D eigenvalue weighted by Gasteiger charge is 2.45. The summed E-state index contributed by atoms with van der Waals surface area (Å²) in [5.41, 5.74) is 22.4. The van der Waals surface area contributed by atoms with Gasteiger partial charge in [-0.2, -0.15) is 0 Å². The van der Waals surface area contributed by atoms with Gasteiger partial charge in [0.05, 0.1) is 5.69 Å². The molecule has 324 valence electrons. The maximum absolute atomic E-state index is 2.57. The molecular weight excluding hydrogens is 773 g/mol. The minimum atomic E-state index is -0.0334. The second-order valence-corrected chi connectivity index (χ2v) is 22.6. The van der Waals surface area contributed by atoms with Gasteiger partial charge in [-0.15, -0.1) is 0 Å². The smallest absolute Gasteiger partial charge is 0.252 e. The highest BCUT2D eigenvalue weighted by Crippen LogP contribution is 2.49. The number of hydrogen-bond donors (Lipinski definition) is 0. The van der Waals surface area contributed by atoms with Crippen molar-refractivity contribution in [2.45, 2.75) is 119 Å². The minimum Gasteiger partial charge on any atom is -0.311 e. The minimum absolute atomic E-state index is 0.00535. The maximum Gasteiger partial charge on any atom is 0.252 e. The standard InChI is InChI=1S/C60H66BN3/c1-39-19-15-17-21-50(39)64(51-22-18-16-20-40(51)2)47-37-54-56-55(38-47)63(46-31-25-42(26-32-46)58(6,7)8)53-34-28-44(60(12,13)14)36-49(53)61(56)48-35-43(59(9,10)11)27-33-52(48)62(54)45-29-23-41(24-30-45)57(3,4)5/h15-38H,1-14H3. The zero-order valence-electron chi connectivity index (χ0n) is 40.8. The third kappa shape index (κ3) is 7.53. The van der Waals surface area contributed by atoms with E-state index in [1.165, 1.54) is 83.9 Å². The van der Waals surface area contributed by atoms with Crippen LogP contribution in [0.15, 0.2) is 146 Å². The number of rotatable bonds is 5. The second-order valence-electron chi connectivity index (χ2n) is 22.6. The van der Waals surface area contributed by atoms with E-state index in [-0.39, 0.29) is 28.4 Å². The van der Waals surface area contributed by atoms with Gasteiger partial charge in [-0.1, -0.05) is 168 Å². The number of hydrogen-bond acceptors (Lipinski definition) is 3. The van der Waals surface area contributed by atoms with E-state index in [2.05, 4.69) is 257 Å². The van der Waals surface area contributed by atoms with Gasteiger partial charge in [-0.3, -0.25) is 0 Å². The molecule has 0 amide bonds. The summed E-state index contributed by atoms with van der Waals surface area (Å²) in [5.74, 6) is 0. The van der Waals surface area contributed by atoms with Crippen molar-refractivity contribution in [1.82, 2.24) is 0 Å². The largest absolute Gasteiger partial charge is 0.311 e. The Morgan fingerprint density at radius 1 is 0.375 bits per heavy atom. The fraction of sp³-hybridized carbons (Fsp3) is 0.300. The van der Waals surface area contributed by atoms with Gasteiger partial charge < -0.3 is 14.7 Å². The van der Waals surface area contributed by atoms with Gasteiger partial charge in [0.25, 0.3) is 6.71 Å². The third-order valence-electron chi connectivity index (χ3n) is 13.7. The van der Waals surface area contributed by atoms with Crippen LogP contribution in [-0.4, -0.2) is 6.71 Å². The van der Waals surface area contributed by atoms with E-state index in [9.17, 15) is 0 Å². The molecule has 0 aromatic heterocycles. The number of anilines is 9. The fourth-order valence-electron chi connectivity index (χ4n) is 9.87. The average molecular weight is 840 g/mol. The third-order valence-corrected chi connectivity index (χ3v) is 13.7.